The fourth-order valence-electron chi connectivity index (χ4n) is 1.83. The molecule has 0 unspecified atom stereocenters. The van der Waals surface area contributed by atoms with Gasteiger partial charge in [0.15, 0.2) is 0 Å². The Morgan fingerprint density at radius 3 is 2.53 bits per heavy atom. The topological polar surface area (TPSA) is 64.5 Å². The van der Waals surface area contributed by atoms with Crippen LogP contribution in [0.3, 0.4) is 0 Å². The maximum Gasteiger partial charge on any atom is 0.103 e. The zero-order valence-electron chi connectivity index (χ0n) is 11.5. The first-order chi connectivity index (χ1) is 9.01. The zero-order valence-corrected chi connectivity index (χ0v) is 11.5. The minimum absolute atomic E-state index is 0.445. The molecule has 0 amide bonds. The third kappa shape index (κ3) is 3.14. The highest BCUT2D eigenvalue weighted by molar-refractivity contribution is 5.47. The Morgan fingerprint density at radius 1 is 1.32 bits per heavy atom. The summed E-state index contributed by atoms with van der Waals surface area (Å²) in [6.45, 7) is 6.48. The maximum absolute atomic E-state index is 9.09. The first-order valence-electron chi connectivity index (χ1n) is 6.27. The van der Waals surface area contributed by atoms with Crippen LogP contribution in [0.4, 0.5) is 5.69 Å². The van der Waals surface area contributed by atoms with Crippen LogP contribution in [0.1, 0.15) is 30.9 Å². The lowest BCUT2D eigenvalue weighted by Gasteiger charge is -2.16. The second-order valence-electron chi connectivity index (χ2n) is 5.16. The maximum atomic E-state index is 9.09. The molecule has 0 radical (unpaired) electrons. The van der Waals surface area contributed by atoms with Crippen molar-refractivity contribution in [2.45, 2.75) is 32.7 Å². The molecule has 19 heavy (non-hydrogen) atoms. The Kier molecular flexibility index (Phi) is 3.57. The number of anilines is 1. The van der Waals surface area contributed by atoms with Crippen LogP contribution in [-0.4, -0.2) is 9.97 Å². The third-order valence-electron chi connectivity index (χ3n) is 3.12. The Balaban J connectivity index is 2.02. The van der Waals surface area contributed by atoms with Crippen molar-refractivity contribution in [3.8, 4) is 6.07 Å². The average Bonchev–Trinajstić information content (AvgIpc) is 2.83. The van der Waals surface area contributed by atoms with Crippen molar-refractivity contribution in [3.05, 3.63) is 47.5 Å². The highest BCUT2D eigenvalue weighted by Gasteiger charge is 2.18. The fourth-order valence-corrected chi connectivity index (χ4v) is 1.83. The Morgan fingerprint density at radius 2 is 2.00 bits per heavy atom. The highest BCUT2D eigenvalue weighted by Crippen LogP contribution is 2.23. The van der Waals surface area contributed by atoms with Crippen molar-refractivity contribution in [2.24, 2.45) is 0 Å². The molecule has 0 fully saturated rings. The molecule has 2 rings (SSSR count). The van der Waals surface area contributed by atoms with Gasteiger partial charge in [0.25, 0.3) is 0 Å². The summed E-state index contributed by atoms with van der Waals surface area (Å²) >= 11 is 0. The lowest BCUT2D eigenvalue weighted by atomic mass is 9.86. The average molecular weight is 254 g/mol. The number of hydrogen-bond donors (Lipinski definition) is 2. The smallest absolute Gasteiger partial charge is 0.103 e. The van der Waals surface area contributed by atoms with Crippen LogP contribution >= 0.6 is 0 Å². The van der Waals surface area contributed by atoms with Gasteiger partial charge in [0, 0.05) is 5.69 Å². The van der Waals surface area contributed by atoms with Crippen molar-refractivity contribution in [3.63, 3.8) is 0 Å². The quantitative estimate of drug-likeness (QED) is 0.881. The van der Waals surface area contributed by atoms with E-state index in [-0.39, 0.29) is 0 Å². The van der Waals surface area contributed by atoms with E-state index in [9.17, 15) is 0 Å². The van der Waals surface area contributed by atoms with Gasteiger partial charge in [-0.25, -0.2) is 4.98 Å². The molecular weight excluding hydrogens is 236 g/mol. The molecule has 0 saturated heterocycles. The molecule has 1 aromatic heterocycles. The van der Waals surface area contributed by atoms with Crippen molar-refractivity contribution >= 4 is 5.69 Å². The molecule has 0 aliphatic carbocycles. The van der Waals surface area contributed by atoms with E-state index >= 15 is 0 Å². The van der Waals surface area contributed by atoms with Crippen LogP contribution < -0.4 is 5.32 Å². The summed E-state index contributed by atoms with van der Waals surface area (Å²) in [5.74, 6) is 0.919. The highest BCUT2D eigenvalue weighted by atomic mass is 15.0. The van der Waals surface area contributed by atoms with Crippen molar-refractivity contribution < 1.29 is 0 Å². The van der Waals surface area contributed by atoms with Gasteiger partial charge >= 0.3 is 0 Å². The molecule has 1 aromatic carbocycles. The Hall–Kier alpha value is -2.28. The number of imidazole rings is 1. The van der Waals surface area contributed by atoms with Crippen molar-refractivity contribution in [1.82, 2.24) is 9.97 Å². The van der Waals surface area contributed by atoms with Gasteiger partial charge < -0.3 is 10.3 Å². The van der Waals surface area contributed by atoms with E-state index in [4.69, 9.17) is 5.26 Å². The summed E-state index contributed by atoms with van der Waals surface area (Å²) in [7, 11) is 0. The van der Waals surface area contributed by atoms with E-state index < -0.39 is 5.41 Å². The first-order valence-corrected chi connectivity index (χ1v) is 6.27. The lowest BCUT2D eigenvalue weighted by Crippen LogP contribution is -2.13. The standard InChI is InChI=1S/C15H18N4/c1-11-17-8-14(19-11)9-18-13-6-4-12(5-7-13)15(2,3)10-16/h4-8,18H,9H2,1-3H3,(H,17,19). The zero-order chi connectivity index (χ0) is 13.9. The molecule has 4 heteroatoms. The molecule has 4 nitrogen and oxygen atoms in total. The second-order valence-corrected chi connectivity index (χ2v) is 5.16. The van der Waals surface area contributed by atoms with Crippen LogP contribution in [0.2, 0.25) is 0 Å². The van der Waals surface area contributed by atoms with Crippen LogP contribution in [0.25, 0.3) is 0 Å². The van der Waals surface area contributed by atoms with Gasteiger partial charge in [-0.3, -0.25) is 0 Å². The van der Waals surface area contributed by atoms with E-state index in [2.05, 4.69) is 21.4 Å². The van der Waals surface area contributed by atoms with Gasteiger partial charge in [0.1, 0.15) is 5.82 Å². The van der Waals surface area contributed by atoms with Crippen LogP contribution in [0, 0.1) is 18.3 Å². The van der Waals surface area contributed by atoms with Gasteiger partial charge in [0.05, 0.1) is 29.9 Å². The number of aromatic amines is 1. The number of aryl methyl sites for hydroxylation is 1. The number of aromatic nitrogens is 2. The van der Waals surface area contributed by atoms with Gasteiger partial charge in [-0.15, -0.1) is 0 Å². The van der Waals surface area contributed by atoms with E-state index in [0.29, 0.717) is 6.54 Å². The van der Waals surface area contributed by atoms with Gasteiger partial charge in [-0.05, 0) is 38.5 Å². The normalized spacial score (nSPS) is 11.1. The molecule has 0 aliphatic rings. The number of rotatable bonds is 4. The fraction of sp³-hybridized carbons (Fsp3) is 0.333. The van der Waals surface area contributed by atoms with Gasteiger partial charge in [-0.2, -0.15) is 5.26 Å². The van der Waals surface area contributed by atoms with Crippen LogP contribution in [-0.2, 0) is 12.0 Å². The van der Waals surface area contributed by atoms with E-state index in [1.165, 1.54) is 0 Å². The number of nitriles is 1. The molecule has 1 heterocycles. The number of hydrogen-bond acceptors (Lipinski definition) is 3. The lowest BCUT2D eigenvalue weighted by molar-refractivity contribution is 0.687. The summed E-state index contributed by atoms with van der Waals surface area (Å²) < 4.78 is 0. The molecule has 0 atom stereocenters. The first kappa shape index (κ1) is 13.2. The summed E-state index contributed by atoms with van der Waals surface area (Å²) in [6, 6.07) is 10.3. The summed E-state index contributed by atoms with van der Waals surface area (Å²) in [5.41, 5.74) is 2.67. The molecule has 98 valence electrons. The molecular formula is C15H18N4. The molecule has 0 bridgehead atoms. The van der Waals surface area contributed by atoms with Crippen LogP contribution in [0.15, 0.2) is 30.5 Å². The molecule has 2 aromatic rings. The molecule has 2 N–H and O–H groups in total. The summed E-state index contributed by atoms with van der Waals surface area (Å²) in [6.07, 6.45) is 1.83. The van der Waals surface area contributed by atoms with Crippen molar-refractivity contribution in [1.29, 1.82) is 5.26 Å². The Bertz CT molecular complexity index is 587. The van der Waals surface area contributed by atoms with E-state index in [1.807, 2.05) is 51.2 Å². The molecule has 0 spiro atoms. The number of nitrogens with one attached hydrogen (secondary N) is 2. The van der Waals surface area contributed by atoms with Gasteiger partial charge in [0.2, 0.25) is 0 Å². The second kappa shape index (κ2) is 5.15. The number of benzene rings is 1. The predicted octanol–water partition coefficient (Wildman–Crippen LogP) is 3.13. The van der Waals surface area contributed by atoms with E-state index in [0.717, 1.165) is 22.8 Å². The van der Waals surface area contributed by atoms with Crippen molar-refractivity contribution in [2.75, 3.05) is 5.32 Å². The minimum Gasteiger partial charge on any atom is -0.379 e. The molecule has 0 saturated carbocycles. The monoisotopic (exact) mass is 254 g/mol. The summed E-state index contributed by atoms with van der Waals surface area (Å²) in [4.78, 5) is 7.33. The summed E-state index contributed by atoms with van der Waals surface area (Å²) in [5, 5.41) is 12.4. The van der Waals surface area contributed by atoms with Crippen LogP contribution in [0.5, 0.6) is 0 Å². The number of H-pyrrole nitrogens is 1. The Labute approximate surface area is 113 Å². The van der Waals surface area contributed by atoms with E-state index in [1.54, 1.807) is 0 Å². The molecule has 0 aliphatic heterocycles. The SMILES string of the molecule is Cc1ncc(CNc2ccc(C(C)(C)C#N)cc2)[nH]1. The largest absolute Gasteiger partial charge is 0.379 e. The predicted molar refractivity (Wildman–Crippen MR) is 75.7 cm³/mol. The number of nitrogens with zero attached hydrogens (tertiary/aromatic N) is 2. The minimum atomic E-state index is -0.445. The third-order valence-corrected chi connectivity index (χ3v) is 3.12. The van der Waals surface area contributed by atoms with Gasteiger partial charge in [-0.1, -0.05) is 12.1 Å².